The molecule has 164 valence electrons. The third-order valence-electron chi connectivity index (χ3n) is 6.71. The molecule has 0 radical (unpaired) electrons. The summed E-state index contributed by atoms with van der Waals surface area (Å²) in [6.45, 7) is 5.68. The van der Waals surface area contributed by atoms with Crippen molar-refractivity contribution in [3.63, 3.8) is 0 Å². The average Bonchev–Trinajstić information content (AvgIpc) is 3.20. The zero-order chi connectivity index (χ0) is 21.2. The summed E-state index contributed by atoms with van der Waals surface area (Å²) >= 11 is 1.73. The van der Waals surface area contributed by atoms with E-state index in [4.69, 9.17) is 4.74 Å². The molecule has 6 nitrogen and oxygen atoms in total. The van der Waals surface area contributed by atoms with E-state index < -0.39 is 0 Å². The summed E-state index contributed by atoms with van der Waals surface area (Å²) in [7, 11) is 1.69. The number of aryl methyl sites for hydroxylation is 2. The lowest BCUT2D eigenvalue weighted by Gasteiger charge is -2.41. The second kappa shape index (κ2) is 9.10. The number of benzene rings is 1. The topological polar surface area (TPSA) is 50.6 Å². The lowest BCUT2D eigenvalue weighted by molar-refractivity contribution is 0.171. The van der Waals surface area contributed by atoms with Gasteiger partial charge in [0.2, 0.25) is 0 Å². The molecule has 1 atom stereocenters. The zero-order valence-electron chi connectivity index (χ0n) is 18.1. The van der Waals surface area contributed by atoms with Gasteiger partial charge in [0.1, 0.15) is 4.83 Å². The fourth-order valence-electron chi connectivity index (χ4n) is 5.02. The van der Waals surface area contributed by atoms with Crippen LogP contribution in [0.2, 0.25) is 0 Å². The predicted molar refractivity (Wildman–Crippen MR) is 126 cm³/mol. The maximum Gasteiger partial charge on any atom is 0.262 e. The van der Waals surface area contributed by atoms with Crippen LogP contribution >= 0.6 is 11.3 Å². The molecule has 3 aromatic rings. The van der Waals surface area contributed by atoms with Gasteiger partial charge in [-0.05, 0) is 43.4 Å². The first kappa shape index (κ1) is 20.7. The highest BCUT2D eigenvalue weighted by Crippen LogP contribution is 2.35. The SMILES string of the molecule is COCCCn1cnc2sc3c(c2c1=O)CC[C@@H](N1CCN(c2ccccc2)CC1)C3. The van der Waals surface area contributed by atoms with Gasteiger partial charge < -0.3 is 9.64 Å². The van der Waals surface area contributed by atoms with E-state index in [1.165, 1.54) is 16.1 Å². The summed E-state index contributed by atoms with van der Waals surface area (Å²) < 4.78 is 6.88. The van der Waals surface area contributed by atoms with Crippen LogP contribution in [0.25, 0.3) is 10.2 Å². The Balaban J connectivity index is 1.29. The highest BCUT2D eigenvalue weighted by molar-refractivity contribution is 7.18. The molecule has 0 N–H and O–H groups in total. The van der Waals surface area contributed by atoms with Crippen LogP contribution < -0.4 is 10.5 Å². The summed E-state index contributed by atoms with van der Waals surface area (Å²) in [5, 5.41) is 0.868. The molecule has 1 aromatic carbocycles. The van der Waals surface area contributed by atoms with E-state index in [-0.39, 0.29) is 5.56 Å². The van der Waals surface area contributed by atoms with Crippen LogP contribution in [0.15, 0.2) is 41.5 Å². The Bertz CT molecular complexity index is 1090. The van der Waals surface area contributed by atoms with E-state index in [1.54, 1.807) is 29.3 Å². The Morgan fingerprint density at radius 2 is 1.97 bits per heavy atom. The van der Waals surface area contributed by atoms with Gasteiger partial charge in [0.25, 0.3) is 5.56 Å². The van der Waals surface area contributed by atoms with Crippen molar-refractivity contribution in [1.29, 1.82) is 0 Å². The lowest BCUT2D eigenvalue weighted by Crippen LogP contribution is -2.51. The molecule has 1 saturated heterocycles. The number of hydrogen-bond acceptors (Lipinski definition) is 6. The smallest absolute Gasteiger partial charge is 0.262 e. The third-order valence-corrected chi connectivity index (χ3v) is 7.87. The molecule has 5 rings (SSSR count). The highest BCUT2D eigenvalue weighted by atomic mass is 32.1. The van der Waals surface area contributed by atoms with Crippen LogP contribution in [0.4, 0.5) is 5.69 Å². The second-order valence-corrected chi connectivity index (χ2v) is 9.61. The molecule has 31 heavy (non-hydrogen) atoms. The molecule has 7 heteroatoms. The van der Waals surface area contributed by atoms with Gasteiger partial charge in [0.15, 0.2) is 0 Å². The molecule has 1 aliphatic carbocycles. The quantitative estimate of drug-likeness (QED) is 0.554. The number of ether oxygens (including phenoxy) is 1. The van der Waals surface area contributed by atoms with E-state index in [9.17, 15) is 4.79 Å². The Morgan fingerprint density at radius 3 is 2.74 bits per heavy atom. The fourth-order valence-corrected chi connectivity index (χ4v) is 6.27. The van der Waals surface area contributed by atoms with Crippen molar-refractivity contribution in [2.24, 2.45) is 0 Å². The van der Waals surface area contributed by atoms with Crippen LogP contribution in [-0.4, -0.2) is 60.4 Å². The van der Waals surface area contributed by atoms with Crippen LogP contribution in [0.1, 0.15) is 23.3 Å². The van der Waals surface area contributed by atoms with Gasteiger partial charge in [-0.3, -0.25) is 14.3 Å². The first-order chi connectivity index (χ1) is 15.2. The highest BCUT2D eigenvalue weighted by Gasteiger charge is 2.30. The maximum atomic E-state index is 13.1. The number of fused-ring (bicyclic) bond motifs is 3. The van der Waals surface area contributed by atoms with Crippen molar-refractivity contribution < 1.29 is 4.74 Å². The normalized spacial score (nSPS) is 19.6. The summed E-state index contributed by atoms with van der Waals surface area (Å²) in [6, 6.07) is 11.3. The summed E-state index contributed by atoms with van der Waals surface area (Å²) in [5.41, 5.74) is 2.71. The first-order valence-electron chi connectivity index (χ1n) is 11.3. The predicted octanol–water partition coefficient (Wildman–Crippen LogP) is 3.17. The van der Waals surface area contributed by atoms with Crippen molar-refractivity contribution in [1.82, 2.24) is 14.5 Å². The minimum Gasteiger partial charge on any atom is -0.385 e. The van der Waals surface area contributed by atoms with Crippen molar-refractivity contribution >= 4 is 27.2 Å². The standard InChI is InChI=1S/C24H30N4O2S/c1-30-15-5-10-28-17-25-23-22(24(28)29)20-9-8-19(16-21(20)31-23)27-13-11-26(12-14-27)18-6-3-2-4-7-18/h2-4,6-7,17,19H,5,8-16H2,1H3/t19-/m1/s1. The second-order valence-electron chi connectivity index (χ2n) is 8.53. The number of para-hydroxylation sites is 1. The number of rotatable bonds is 6. The van der Waals surface area contributed by atoms with E-state index in [0.717, 1.165) is 62.1 Å². The molecular formula is C24H30N4O2S. The summed E-state index contributed by atoms with van der Waals surface area (Å²) in [6.07, 6.45) is 5.69. The minimum absolute atomic E-state index is 0.119. The Hall–Kier alpha value is -2.22. The van der Waals surface area contributed by atoms with Crippen molar-refractivity contribution in [3.8, 4) is 0 Å². The van der Waals surface area contributed by atoms with Crippen molar-refractivity contribution in [2.45, 2.75) is 38.3 Å². The number of piperazine rings is 1. The van der Waals surface area contributed by atoms with Gasteiger partial charge in [-0.15, -0.1) is 11.3 Å². The number of aromatic nitrogens is 2. The minimum atomic E-state index is 0.119. The Morgan fingerprint density at radius 1 is 1.16 bits per heavy atom. The number of anilines is 1. The van der Waals surface area contributed by atoms with E-state index in [0.29, 0.717) is 19.2 Å². The van der Waals surface area contributed by atoms with Gasteiger partial charge in [0, 0.05) is 63.0 Å². The molecule has 3 heterocycles. The molecule has 0 bridgehead atoms. The van der Waals surface area contributed by atoms with Crippen molar-refractivity contribution in [3.05, 3.63) is 57.5 Å². The average molecular weight is 439 g/mol. The summed E-state index contributed by atoms with van der Waals surface area (Å²) in [5.74, 6) is 0. The van der Waals surface area contributed by atoms with Crippen LogP contribution in [0.3, 0.4) is 0 Å². The summed E-state index contributed by atoms with van der Waals surface area (Å²) in [4.78, 5) is 25.1. The van der Waals surface area contributed by atoms with Crippen LogP contribution in [-0.2, 0) is 24.1 Å². The fraction of sp³-hybridized carbons (Fsp3) is 0.500. The first-order valence-corrected chi connectivity index (χ1v) is 12.1. The van der Waals surface area contributed by atoms with Gasteiger partial charge in [-0.2, -0.15) is 0 Å². The van der Waals surface area contributed by atoms with E-state index in [1.807, 2.05) is 0 Å². The Kier molecular flexibility index (Phi) is 6.07. The van der Waals surface area contributed by atoms with Gasteiger partial charge >= 0.3 is 0 Å². The largest absolute Gasteiger partial charge is 0.385 e. The molecule has 0 spiro atoms. The van der Waals surface area contributed by atoms with E-state index in [2.05, 4.69) is 45.1 Å². The molecule has 1 fully saturated rings. The number of thiophene rings is 1. The third kappa shape index (κ3) is 4.14. The molecule has 0 saturated carbocycles. The molecule has 0 unspecified atom stereocenters. The van der Waals surface area contributed by atoms with Crippen molar-refractivity contribution in [2.75, 3.05) is 44.8 Å². The maximum absolute atomic E-state index is 13.1. The van der Waals surface area contributed by atoms with Gasteiger partial charge in [0.05, 0.1) is 11.7 Å². The molecule has 0 amide bonds. The van der Waals surface area contributed by atoms with Gasteiger partial charge in [-0.1, -0.05) is 18.2 Å². The van der Waals surface area contributed by atoms with Gasteiger partial charge in [-0.25, -0.2) is 4.98 Å². The zero-order valence-corrected chi connectivity index (χ0v) is 18.9. The molecule has 2 aromatic heterocycles. The lowest BCUT2D eigenvalue weighted by atomic mass is 9.91. The number of nitrogens with zero attached hydrogens (tertiary/aromatic N) is 4. The molecule has 1 aliphatic heterocycles. The molecular weight excluding hydrogens is 408 g/mol. The number of hydrogen-bond donors (Lipinski definition) is 0. The number of methoxy groups -OCH3 is 1. The Labute approximate surface area is 187 Å². The van der Waals surface area contributed by atoms with Crippen LogP contribution in [0.5, 0.6) is 0 Å². The molecule has 2 aliphatic rings. The monoisotopic (exact) mass is 438 g/mol. The van der Waals surface area contributed by atoms with E-state index >= 15 is 0 Å². The van der Waals surface area contributed by atoms with Crippen LogP contribution in [0, 0.1) is 0 Å².